The second-order valence-corrected chi connectivity index (χ2v) is 7.97. The van der Waals surface area contributed by atoms with Crippen molar-refractivity contribution < 1.29 is 23.0 Å². The van der Waals surface area contributed by atoms with Crippen molar-refractivity contribution in [3.63, 3.8) is 0 Å². The molecule has 0 radical (unpaired) electrons. The number of nitrogens with one attached hydrogen (secondary N) is 1. The predicted molar refractivity (Wildman–Crippen MR) is 130 cm³/mol. The van der Waals surface area contributed by atoms with E-state index in [-0.39, 0.29) is 18.0 Å². The highest BCUT2D eigenvalue weighted by Gasteiger charge is 2.15. The van der Waals surface area contributed by atoms with Gasteiger partial charge in [-0.05, 0) is 95.2 Å². The lowest BCUT2D eigenvalue weighted by molar-refractivity contribution is -0.112. The zero-order valence-corrected chi connectivity index (χ0v) is 19.7. The summed E-state index contributed by atoms with van der Waals surface area (Å²) in [6.45, 7) is 2.43. The van der Waals surface area contributed by atoms with Crippen LogP contribution in [0.15, 0.2) is 66.2 Å². The molecule has 0 fully saturated rings. The third kappa shape index (κ3) is 6.76. The number of nitrogens with zero attached hydrogens (tertiary/aromatic N) is 1. The molecule has 0 saturated carbocycles. The van der Waals surface area contributed by atoms with E-state index >= 15 is 0 Å². The van der Waals surface area contributed by atoms with Crippen LogP contribution in [-0.4, -0.2) is 12.5 Å². The van der Waals surface area contributed by atoms with E-state index < -0.39 is 11.7 Å². The van der Waals surface area contributed by atoms with Gasteiger partial charge in [-0.1, -0.05) is 12.1 Å². The Morgan fingerprint density at radius 2 is 1.70 bits per heavy atom. The summed E-state index contributed by atoms with van der Waals surface area (Å²) in [5.74, 6) is -0.407. The van der Waals surface area contributed by atoms with Gasteiger partial charge >= 0.3 is 0 Å². The second kappa shape index (κ2) is 11.4. The minimum atomic E-state index is -0.617. The SMILES string of the molecule is CCOc1cc(/C=C(/C#N)C(=O)Nc2ccc(F)cc2)cc(I)c1OCc1ccc(F)cc1. The molecule has 0 atom stereocenters. The minimum Gasteiger partial charge on any atom is -0.490 e. The first-order chi connectivity index (χ1) is 15.9. The van der Waals surface area contributed by atoms with Crippen molar-refractivity contribution in [1.82, 2.24) is 0 Å². The molecule has 3 aromatic carbocycles. The number of hydrogen-bond acceptors (Lipinski definition) is 4. The number of carbonyl (C=O) groups excluding carboxylic acids is 1. The largest absolute Gasteiger partial charge is 0.490 e. The summed E-state index contributed by atoms with van der Waals surface area (Å²) in [4.78, 5) is 12.5. The first-order valence-electron chi connectivity index (χ1n) is 9.92. The fourth-order valence-corrected chi connectivity index (χ4v) is 3.64. The first-order valence-corrected chi connectivity index (χ1v) is 11.0. The van der Waals surface area contributed by atoms with Crippen LogP contribution in [-0.2, 0) is 11.4 Å². The highest BCUT2D eigenvalue weighted by Crippen LogP contribution is 2.35. The van der Waals surface area contributed by atoms with Crippen LogP contribution in [0.5, 0.6) is 11.5 Å². The van der Waals surface area contributed by atoms with Gasteiger partial charge in [0, 0.05) is 5.69 Å². The number of nitriles is 1. The molecule has 0 aliphatic rings. The van der Waals surface area contributed by atoms with Gasteiger partial charge in [-0.15, -0.1) is 0 Å². The van der Waals surface area contributed by atoms with Crippen LogP contribution in [0.25, 0.3) is 6.08 Å². The van der Waals surface area contributed by atoms with Gasteiger partial charge in [0.1, 0.15) is 29.9 Å². The Balaban J connectivity index is 1.83. The summed E-state index contributed by atoms with van der Waals surface area (Å²) in [5.41, 5.74) is 1.61. The van der Waals surface area contributed by atoms with Crippen molar-refractivity contribution in [2.24, 2.45) is 0 Å². The molecule has 0 unspecified atom stereocenters. The Morgan fingerprint density at radius 1 is 1.06 bits per heavy atom. The maximum absolute atomic E-state index is 13.1. The Bertz CT molecular complexity index is 1200. The molecule has 1 N–H and O–H groups in total. The smallest absolute Gasteiger partial charge is 0.266 e. The van der Waals surface area contributed by atoms with E-state index in [4.69, 9.17) is 9.47 Å². The van der Waals surface area contributed by atoms with E-state index in [2.05, 4.69) is 27.9 Å². The van der Waals surface area contributed by atoms with Crippen LogP contribution in [0, 0.1) is 26.5 Å². The third-order valence-corrected chi connectivity index (χ3v) is 5.21. The Hall–Kier alpha value is -3.45. The lowest BCUT2D eigenvalue weighted by Gasteiger charge is -2.15. The number of ether oxygens (including phenoxy) is 2. The zero-order valence-electron chi connectivity index (χ0n) is 17.6. The van der Waals surface area contributed by atoms with E-state index in [0.29, 0.717) is 32.9 Å². The molecular formula is C25H19F2IN2O3. The Morgan fingerprint density at radius 3 is 2.30 bits per heavy atom. The molecule has 0 spiro atoms. The summed E-state index contributed by atoms with van der Waals surface area (Å²) in [6, 6.07) is 16.6. The van der Waals surface area contributed by atoms with E-state index in [0.717, 1.165) is 5.56 Å². The van der Waals surface area contributed by atoms with E-state index in [1.807, 2.05) is 13.0 Å². The molecule has 8 heteroatoms. The average Bonchev–Trinajstić information content (AvgIpc) is 2.79. The van der Waals surface area contributed by atoms with E-state index in [1.54, 1.807) is 24.3 Å². The fraction of sp³-hybridized carbons (Fsp3) is 0.120. The van der Waals surface area contributed by atoms with Gasteiger partial charge in [0.2, 0.25) is 0 Å². The van der Waals surface area contributed by atoms with Crippen LogP contribution >= 0.6 is 22.6 Å². The van der Waals surface area contributed by atoms with Crippen molar-refractivity contribution in [2.75, 3.05) is 11.9 Å². The quantitative estimate of drug-likeness (QED) is 0.206. The standard InChI is InChI=1S/C25H19F2IN2O3/c1-2-32-23-13-17(11-18(14-29)25(31)30-21-9-7-20(27)8-10-21)12-22(28)24(23)33-15-16-3-5-19(26)6-4-16/h3-13H,2,15H2,1H3,(H,30,31)/b18-11-. The Labute approximate surface area is 203 Å². The molecule has 33 heavy (non-hydrogen) atoms. The predicted octanol–water partition coefficient (Wildman–Crippen LogP) is 6.09. The molecule has 0 saturated heterocycles. The van der Waals surface area contributed by atoms with Gasteiger partial charge in [-0.3, -0.25) is 4.79 Å². The first kappa shape index (κ1) is 24.2. The van der Waals surface area contributed by atoms with Gasteiger partial charge in [0.05, 0.1) is 10.2 Å². The van der Waals surface area contributed by atoms with Gasteiger partial charge in [-0.25, -0.2) is 8.78 Å². The number of rotatable bonds is 8. The van der Waals surface area contributed by atoms with Crippen LogP contribution < -0.4 is 14.8 Å². The molecule has 168 valence electrons. The molecule has 0 heterocycles. The maximum Gasteiger partial charge on any atom is 0.266 e. The summed E-state index contributed by atoms with van der Waals surface area (Å²) < 4.78 is 38.5. The minimum absolute atomic E-state index is 0.127. The molecule has 0 aliphatic heterocycles. The van der Waals surface area contributed by atoms with Crippen molar-refractivity contribution in [1.29, 1.82) is 5.26 Å². The van der Waals surface area contributed by atoms with Crippen molar-refractivity contribution in [3.05, 3.63) is 92.6 Å². The fourth-order valence-electron chi connectivity index (χ4n) is 2.86. The second-order valence-electron chi connectivity index (χ2n) is 6.81. The Kier molecular flexibility index (Phi) is 8.38. The zero-order chi connectivity index (χ0) is 23.8. The lowest BCUT2D eigenvalue weighted by Crippen LogP contribution is -2.13. The van der Waals surface area contributed by atoms with Crippen LogP contribution in [0.4, 0.5) is 14.5 Å². The van der Waals surface area contributed by atoms with Crippen molar-refractivity contribution in [2.45, 2.75) is 13.5 Å². The molecule has 0 bridgehead atoms. The van der Waals surface area contributed by atoms with Gasteiger partial charge < -0.3 is 14.8 Å². The van der Waals surface area contributed by atoms with Gasteiger partial charge in [0.25, 0.3) is 5.91 Å². The summed E-state index contributed by atoms with van der Waals surface area (Å²) in [7, 11) is 0. The average molecular weight is 560 g/mol. The maximum atomic E-state index is 13.1. The number of hydrogen-bond donors (Lipinski definition) is 1. The van der Waals surface area contributed by atoms with Crippen LogP contribution in [0.3, 0.4) is 0 Å². The molecule has 0 aliphatic carbocycles. The normalized spacial score (nSPS) is 10.9. The summed E-state index contributed by atoms with van der Waals surface area (Å²) in [6.07, 6.45) is 1.44. The highest BCUT2D eigenvalue weighted by molar-refractivity contribution is 14.1. The summed E-state index contributed by atoms with van der Waals surface area (Å²) in [5, 5.41) is 12.1. The monoisotopic (exact) mass is 560 g/mol. The van der Waals surface area contributed by atoms with Crippen LogP contribution in [0.1, 0.15) is 18.1 Å². The summed E-state index contributed by atoms with van der Waals surface area (Å²) >= 11 is 2.08. The molecule has 3 aromatic rings. The number of benzene rings is 3. The van der Waals surface area contributed by atoms with Crippen molar-refractivity contribution >= 4 is 40.3 Å². The van der Waals surface area contributed by atoms with Gasteiger partial charge in [0.15, 0.2) is 11.5 Å². The van der Waals surface area contributed by atoms with Gasteiger partial charge in [-0.2, -0.15) is 5.26 Å². The third-order valence-electron chi connectivity index (χ3n) is 4.41. The molecule has 1 amide bonds. The molecule has 0 aromatic heterocycles. The molecular weight excluding hydrogens is 541 g/mol. The topological polar surface area (TPSA) is 71.3 Å². The lowest BCUT2D eigenvalue weighted by atomic mass is 10.1. The number of halogens is 3. The van der Waals surface area contributed by atoms with E-state index in [9.17, 15) is 18.8 Å². The highest BCUT2D eigenvalue weighted by atomic mass is 127. The number of anilines is 1. The van der Waals surface area contributed by atoms with Crippen molar-refractivity contribution in [3.8, 4) is 17.6 Å². The molecule has 5 nitrogen and oxygen atoms in total. The van der Waals surface area contributed by atoms with E-state index in [1.165, 1.54) is 42.5 Å². The molecule has 3 rings (SSSR count). The number of carbonyl (C=O) groups is 1. The van der Waals surface area contributed by atoms with Crippen LogP contribution in [0.2, 0.25) is 0 Å². The number of amides is 1.